The molecule has 0 aliphatic rings. The first kappa shape index (κ1) is 15.4. The van der Waals surface area contributed by atoms with E-state index >= 15 is 0 Å². The van der Waals surface area contributed by atoms with Gasteiger partial charge in [-0.05, 0) is 40.2 Å². The quantitative estimate of drug-likeness (QED) is 0.811. The Morgan fingerprint density at radius 1 is 1.29 bits per heavy atom. The first-order valence-corrected chi connectivity index (χ1v) is 6.36. The maximum absolute atomic E-state index is 13.8. The number of pyridine rings is 1. The lowest BCUT2D eigenvalue weighted by Crippen LogP contribution is -2.16. The van der Waals surface area contributed by atoms with E-state index in [9.17, 15) is 22.4 Å². The molecular formula is C13H7BrF4N2O. The number of carbonyl (C=O) groups is 1. The molecule has 110 valence electrons. The average Bonchev–Trinajstić information content (AvgIpc) is 2.37. The van der Waals surface area contributed by atoms with Crippen LogP contribution in [0.5, 0.6) is 0 Å². The van der Waals surface area contributed by atoms with Crippen LogP contribution in [-0.2, 0) is 6.18 Å². The summed E-state index contributed by atoms with van der Waals surface area (Å²) in [4.78, 5) is 15.7. The zero-order valence-corrected chi connectivity index (χ0v) is 11.8. The fourth-order valence-electron chi connectivity index (χ4n) is 1.58. The lowest BCUT2D eigenvalue weighted by Gasteiger charge is -2.11. The van der Waals surface area contributed by atoms with Gasteiger partial charge in [-0.3, -0.25) is 9.78 Å². The van der Waals surface area contributed by atoms with Crippen LogP contribution in [0.2, 0.25) is 0 Å². The Morgan fingerprint density at radius 2 is 2.00 bits per heavy atom. The maximum atomic E-state index is 13.8. The first-order valence-electron chi connectivity index (χ1n) is 5.56. The van der Waals surface area contributed by atoms with Gasteiger partial charge < -0.3 is 5.32 Å². The van der Waals surface area contributed by atoms with Gasteiger partial charge in [-0.25, -0.2) is 4.39 Å². The molecule has 2 aromatic rings. The number of alkyl halides is 3. The third kappa shape index (κ3) is 3.57. The zero-order chi connectivity index (χ0) is 15.6. The van der Waals surface area contributed by atoms with E-state index in [4.69, 9.17) is 0 Å². The standard InChI is InChI=1S/C13H7BrF4N2O/c14-9-4-7(13(16,17)18)5-10(15)11(9)12(21)20-8-2-1-3-19-6-8/h1-6H,(H,20,21). The Morgan fingerprint density at radius 3 is 2.52 bits per heavy atom. The molecule has 1 aromatic heterocycles. The molecule has 0 aliphatic heterocycles. The minimum Gasteiger partial charge on any atom is -0.320 e. The van der Waals surface area contributed by atoms with E-state index in [1.54, 1.807) is 6.07 Å². The van der Waals surface area contributed by atoms with Crippen LogP contribution in [-0.4, -0.2) is 10.9 Å². The van der Waals surface area contributed by atoms with Crippen molar-refractivity contribution in [2.75, 3.05) is 5.32 Å². The van der Waals surface area contributed by atoms with Gasteiger partial charge in [0.25, 0.3) is 5.91 Å². The van der Waals surface area contributed by atoms with E-state index in [1.165, 1.54) is 18.5 Å². The molecule has 1 aromatic carbocycles. The molecule has 0 radical (unpaired) electrons. The van der Waals surface area contributed by atoms with E-state index in [-0.39, 0.29) is 10.5 Å². The molecule has 0 spiro atoms. The summed E-state index contributed by atoms with van der Waals surface area (Å²) in [6.07, 6.45) is -1.89. The number of hydrogen-bond donors (Lipinski definition) is 1. The lowest BCUT2D eigenvalue weighted by atomic mass is 10.1. The summed E-state index contributed by atoms with van der Waals surface area (Å²) in [5.41, 5.74) is -1.38. The predicted octanol–water partition coefficient (Wildman–Crippen LogP) is 4.25. The number of nitrogens with zero attached hydrogens (tertiary/aromatic N) is 1. The van der Waals surface area contributed by atoms with Crippen molar-refractivity contribution in [2.24, 2.45) is 0 Å². The number of amides is 1. The van der Waals surface area contributed by atoms with Crippen LogP contribution in [0.1, 0.15) is 15.9 Å². The molecule has 1 heterocycles. The Hall–Kier alpha value is -1.96. The van der Waals surface area contributed by atoms with Crippen molar-refractivity contribution in [1.82, 2.24) is 4.98 Å². The van der Waals surface area contributed by atoms with Crippen LogP contribution in [0.4, 0.5) is 23.2 Å². The number of aromatic nitrogens is 1. The molecule has 0 aliphatic carbocycles. The van der Waals surface area contributed by atoms with Crippen molar-refractivity contribution in [1.29, 1.82) is 0 Å². The van der Waals surface area contributed by atoms with Crippen LogP contribution in [0.3, 0.4) is 0 Å². The van der Waals surface area contributed by atoms with Crippen molar-refractivity contribution < 1.29 is 22.4 Å². The molecule has 0 unspecified atom stereocenters. The highest BCUT2D eigenvalue weighted by Gasteiger charge is 2.33. The molecule has 0 bridgehead atoms. The molecule has 2 rings (SSSR count). The van der Waals surface area contributed by atoms with Crippen LogP contribution in [0.25, 0.3) is 0 Å². The Labute approximate surface area is 125 Å². The molecule has 1 amide bonds. The Balaban J connectivity index is 2.34. The van der Waals surface area contributed by atoms with Crippen molar-refractivity contribution in [3.05, 3.63) is 58.1 Å². The van der Waals surface area contributed by atoms with Crippen LogP contribution >= 0.6 is 15.9 Å². The third-order valence-electron chi connectivity index (χ3n) is 2.52. The van der Waals surface area contributed by atoms with Gasteiger partial charge >= 0.3 is 6.18 Å². The second-order valence-corrected chi connectivity index (χ2v) is 4.86. The maximum Gasteiger partial charge on any atom is 0.416 e. The zero-order valence-electron chi connectivity index (χ0n) is 10.2. The second kappa shape index (κ2) is 5.80. The lowest BCUT2D eigenvalue weighted by molar-refractivity contribution is -0.137. The topological polar surface area (TPSA) is 42.0 Å². The van der Waals surface area contributed by atoms with E-state index in [0.29, 0.717) is 11.8 Å². The average molecular weight is 363 g/mol. The van der Waals surface area contributed by atoms with E-state index in [0.717, 1.165) is 0 Å². The van der Waals surface area contributed by atoms with E-state index in [1.807, 2.05) is 0 Å². The van der Waals surface area contributed by atoms with Gasteiger partial charge in [0, 0.05) is 10.7 Å². The summed E-state index contributed by atoms with van der Waals surface area (Å²) in [7, 11) is 0. The SMILES string of the molecule is O=C(Nc1cccnc1)c1c(F)cc(C(F)(F)F)cc1Br. The Bertz CT molecular complexity index is 651. The minimum atomic E-state index is -4.69. The van der Waals surface area contributed by atoms with E-state index in [2.05, 4.69) is 26.2 Å². The first-order chi connectivity index (χ1) is 9.79. The van der Waals surface area contributed by atoms with Gasteiger partial charge in [-0.2, -0.15) is 13.2 Å². The highest BCUT2D eigenvalue weighted by molar-refractivity contribution is 9.10. The summed E-state index contributed by atoms with van der Waals surface area (Å²) >= 11 is 2.79. The number of halogens is 5. The smallest absolute Gasteiger partial charge is 0.320 e. The van der Waals surface area contributed by atoms with Crippen molar-refractivity contribution >= 4 is 27.5 Å². The van der Waals surface area contributed by atoms with Gasteiger partial charge in [0.2, 0.25) is 0 Å². The fourth-order valence-corrected chi connectivity index (χ4v) is 2.20. The molecular weight excluding hydrogens is 356 g/mol. The molecule has 0 fully saturated rings. The minimum absolute atomic E-state index is 0.281. The number of carbonyl (C=O) groups excluding carboxylic acids is 1. The fraction of sp³-hybridized carbons (Fsp3) is 0.0769. The number of hydrogen-bond acceptors (Lipinski definition) is 2. The van der Waals surface area contributed by atoms with Gasteiger partial charge in [-0.15, -0.1) is 0 Å². The highest BCUT2D eigenvalue weighted by Crippen LogP contribution is 2.33. The highest BCUT2D eigenvalue weighted by atomic mass is 79.9. The van der Waals surface area contributed by atoms with Crippen molar-refractivity contribution in [2.45, 2.75) is 6.18 Å². The number of anilines is 1. The summed E-state index contributed by atoms with van der Waals surface area (Å²) in [5.74, 6) is -2.14. The van der Waals surface area contributed by atoms with E-state index < -0.39 is 29.0 Å². The van der Waals surface area contributed by atoms with Gasteiger partial charge in [0.05, 0.1) is 23.0 Å². The molecule has 0 saturated carbocycles. The number of nitrogens with one attached hydrogen (secondary N) is 1. The molecule has 21 heavy (non-hydrogen) atoms. The van der Waals surface area contributed by atoms with Gasteiger partial charge in [0.15, 0.2) is 0 Å². The molecule has 0 atom stereocenters. The normalized spacial score (nSPS) is 11.3. The number of rotatable bonds is 2. The largest absolute Gasteiger partial charge is 0.416 e. The van der Waals surface area contributed by atoms with Crippen LogP contribution in [0, 0.1) is 5.82 Å². The summed E-state index contributed by atoms with van der Waals surface area (Å²) in [6.45, 7) is 0. The molecule has 8 heteroatoms. The Kier molecular flexibility index (Phi) is 4.26. The monoisotopic (exact) mass is 362 g/mol. The second-order valence-electron chi connectivity index (χ2n) is 4.01. The van der Waals surface area contributed by atoms with Gasteiger partial charge in [-0.1, -0.05) is 0 Å². The summed E-state index contributed by atoms with van der Waals surface area (Å²) < 4.78 is 51.1. The summed E-state index contributed by atoms with van der Waals surface area (Å²) in [5, 5.41) is 2.35. The van der Waals surface area contributed by atoms with Crippen LogP contribution in [0.15, 0.2) is 41.1 Å². The van der Waals surface area contributed by atoms with Crippen LogP contribution < -0.4 is 5.32 Å². The number of benzene rings is 1. The molecule has 1 N–H and O–H groups in total. The van der Waals surface area contributed by atoms with Crippen molar-refractivity contribution in [3.63, 3.8) is 0 Å². The predicted molar refractivity (Wildman–Crippen MR) is 71.3 cm³/mol. The molecule has 0 saturated heterocycles. The third-order valence-corrected chi connectivity index (χ3v) is 3.14. The van der Waals surface area contributed by atoms with Gasteiger partial charge in [0.1, 0.15) is 5.82 Å². The summed E-state index contributed by atoms with van der Waals surface area (Å²) in [6, 6.07) is 4.00. The van der Waals surface area contributed by atoms with Crippen molar-refractivity contribution in [3.8, 4) is 0 Å². The molecule has 3 nitrogen and oxygen atoms in total.